The molecule has 1 unspecified atom stereocenters. The summed E-state index contributed by atoms with van der Waals surface area (Å²) in [5, 5.41) is 3.88. The normalized spacial score (nSPS) is 12.4. The summed E-state index contributed by atoms with van der Waals surface area (Å²) in [5.41, 5.74) is 2.23. The molecule has 2 rings (SSSR count). The molecule has 21 heavy (non-hydrogen) atoms. The first-order valence-electron chi connectivity index (χ1n) is 7.00. The Hall–Kier alpha value is -1.03. The lowest BCUT2D eigenvalue weighted by Gasteiger charge is -2.13. The molecule has 2 aromatic carbocycles. The summed E-state index contributed by atoms with van der Waals surface area (Å²) in [4.78, 5) is 1.18. The van der Waals surface area contributed by atoms with Gasteiger partial charge in [-0.2, -0.15) is 0 Å². The second-order valence-electron chi connectivity index (χ2n) is 4.87. The highest BCUT2D eigenvalue weighted by atomic mass is 35.5. The highest BCUT2D eigenvalue weighted by Gasteiger charge is 2.05. The molecule has 0 saturated carbocycles. The number of thioether (sulfide) groups is 1. The molecule has 112 valence electrons. The smallest absolute Gasteiger partial charge is 0.124 e. The van der Waals surface area contributed by atoms with Crippen LogP contribution in [0.2, 0.25) is 5.02 Å². The van der Waals surface area contributed by atoms with Gasteiger partial charge < -0.3 is 5.32 Å². The zero-order chi connectivity index (χ0) is 15.2. The van der Waals surface area contributed by atoms with E-state index in [9.17, 15) is 4.39 Å². The van der Waals surface area contributed by atoms with Gasteiger partial charge >= 0.3 is 0 Å². The van der Waals surface area contributed by atoms with Crippen molar-refractivity contribution in [1.29, 1.82) is 0 Å². The number of hydrogen-bond donors (Lipinski definition) is 1. The first-order chi connectivity index (χ1) is 10.1. The van der Waals surface area contributed by atoms with Crippen LogP contribution in [0.4, 0.5) is 4.39 Å². The monoisotopic (exact) mass is 323 g/mol. The van der Waals surface area contributed by atoms with Crippen molar-refractivity contribution in [2.24, 2.45) is 0 Å². The van der Waals surface area contributed by atoms with Crippen molar-refractivity contribution >= 4 is 23.4 Å². The molecule has 0 heterocycles. The van der Waals surface area contributed by atoms with E-state index in [0.717, 1.165) is 17.9 Å². The lowest BCUT2D eigenvalue weighted by atomic mass is 10.1. The van der Waals surface area contributed by atoms with E-state index >= 15 is 0 Å². The highest BCUT2D eigenvalue weighted by molar-refractivity contribution is 7.98. The predicted octanol–water partition coefficient (Wildman–Crippen LogP) is 5.44. The molecular formula is C17H19ClFNS. The first kappa shape index (κ1) is 16.3. The summed E-state index contributed by atoms with van der Waals surface area (Å²) in [5.74, 6) is 0.442. The summed E-state index contributed by atoms with van der Waals surface area (Å²) in [6, 6.07) is 13.4. The molecule has 0 bridgehead atoms. The zero-order valence-electron chi connectivity index (χ0n) is 12.2. The van der Waals surface area contributed by atoms with Gasteiger partial charge in [0.05, 0.1) is 0 Å². The molecule has 0 aliphatic rings. The Morgan fingerprint density at radius 2 is 1.90 bits per heavy atom. The third-order valence-electron chi connectivity index (χ3n) is 3.30. The largest absolute Gasteiger partial charge is 0.310 e. The van der Waals surface area contributed by atoms with Crippen LogP contribution in [0.5, 0.6) is 0 Å². The maximum absolute atomic E-state index is 13.0. The average Bonchev–Trinajstić information content (AvgIpc) is 2.47. The fraction of sp³-hybridized carbons (Fsp3) is 0.294. The molecule has 1 atom stereocenters. The van der Waals surface area contributed by atoms with Gasteiger partial charge in [-0.05, 0) is 48.9 Å². The molecule has 0 radical (unpaired) electrons. The molecule has 2 aromatic rings. The summed E-state index contributed by atoms with van der Waals surface area (Å²) in [6.45, 7) is 5.22. The molecule has 1 nitrogen and oxygen atoms in total. The van der Waals surface area contributed by atoms with Crippen LogP contribution in [0, 0.1) is 5.82 Å². The Morgan fingerprint density at radius 1 is 1.19 bits per heavy atom. The van der Waals surface area contributed by atoms with Crippen LogP contribution in [0.3, 0.4) is 0 Å². The maximum atomic E-state index is 13.0. The minimum Gasteiger partial charge on any atom is -0.310 e. The summed E-state index contributed by atoms with van der Waals surface area (Å²) < 4.78 is 13.0. The third-order valence-corrected chi connectivity index (χ3v) is 4.71. The second-order valence-corrected chi connectivity index (χ2v) is 6.33. The van der Waals surface area contributed by atoms with Crippen LogP contribution < -0.4 is 5.32 Å². The van der Waals surface area contributed by atoms with Crippen LogP contribution >= 0.6 is 23.4 Å². The van der Waals surface area contributed by atoms with Gasteiger partial charge in [-0.3, -0.25) is 0 Å². The molecule has 0 saturated heterocycles. The summed E-state index contributed by atoms with van der Waals surface area (Å²) in [6.07, 6.45) is 0. The molecule has 0 aliphatic heterocycles. The van der Waals surface area contributed by atoms with Crippen LogP contribution in [0.1, 0.15) is 31.0 Å². The van der Waals surface area contributed by atoms with Gasteiger partial charge in [0, 0.05) is 21.7 Å². The van der Waals surface area contributed by atoms with Crippen molar-refractivity contribution in [2.45, 2.75) is 30.5 Å². The quantitative estimate of drug-likeness (QED) is 0.710. The highest BCUT2D eigenvalue weighted by Crippen LogP contribution is 2.28. The van der Waals surface area contributed by atoms with Crippen molar-refractivity contribution < 1.29 is 4.39 Å². The number of halogens is 2. The number of hydrogen-bond acceptors (Lipinski definition) is 2. The van der Waals surface area contributed by atoms with Gasteiger partial charge in [0.25, 0.3) is 0 Å². The molecule has 0 fully saturated rings. The first-order valence-corrected chi connectivity index (χ1v) is 8.36. The topological polar surface area (TPSA) is 12.0 Å². The van der Waals surface area contributed by atoms with Crippen molar-refractivity contribution in [3.8, 4) is 0 Å². The Morgan fingerprint density at radius 3 is 2.52 bits per heavy atom. The second kappa shape index (κ2) is 7.83. The molecule has 1 N–H and O–H groups in total. The summed E-state index contributed by atoms with van der Waals surface area (Å²) in [7, 11) is 0. The van der Waals surface area contributed by atoms with E-state index < -0.39 is 0 Å². The predicted molar refractivity (Wildman–Crippen MR) is 89.5 cm³/mol. The number of nitrogens with one attached hydrogen (secondary N) is 1. The van der Waals surface area contributed by atoms with E-state index in [2.05, 4.69) is 43.4 Å². The summed E-state index contributed by atoms with van der Waals surface area (Å²) >= 11 is 7.74. The van der Waals surface area contributed by atoms with Gasteiger partial charge in [0.15, 0.2) is 0 Å². The fourth-order valence-corrected chi connectivity index (χ4v) is 3.29. The van der Waals surface area contributed by atoms with Gasteiger partial charge in [0.2, 0.25) is 0 Å². The third kappa shape index (κ3) is 4.73. The van der Waals surface area contributed by atoms with Crippen molar-refractivity contribution in [1.82, 2.24) is 5.32 Å². The average molecular weight is 324 g/mol. The Kier molecular flexibility index (Phi) is 6.09. The minimum absolute atomic E-state index is 0.296. The zero-order valence-corrected chi connectivity index (χ0v) is 13.8. The van der Waals surface area contributed by atoms with E-state index in [0.29, 0.717) is 11.1 Å². The molecule has 0 aromatic heterocycles. The fourth-order valence-electron chi connectivity index (χ4n) is 2.08. The SMILES string of the molecule is CCNC(C)c1ccc(SCc2ccc(F)cc2Cl)cc1. The molecule has 4 heteroatoms. The lowest BCUT2D eigenvalue weighted by molar-refractivity contribution is 0.598. The van der Waals surface area contributed by atoms with Crippen LogP contribution in [-0.2, 0) is 5.75 Å². The Bertz CT molecular complexity index is 586. The van der Waals surface area contributed by atoms with E-state index in [1.807, 2.05) is 0 Å². The Balaban J connectivity index is 1.97. The van der Waals surface area contributed by atoms with Crippen LogP contribution in [0.15, 0.2) is 47.4 Å². The van der Waals surface area contributed by atoms with Crippen molar-refractivity contribution in [3.05, 3.63) is 64.4 Å². The minimum atomic E-state index is -0.296. The number of rotatable bonds is 6. The Labute approximate surface area is 134 Å². The maximum Gasteiger partial charge on any atom is 0.124 e. The number of benzene rings is 2. The van der Waals surface area contributed by atoms with E-state index in [4.69, 9.17) is 11.6 Å². The van der Waals surface area contributed by atoms with Gasteiger partial charge in [-0.25, -0.2) is 4.39 Å². The van der Waals surface area contributed by atoms with Crippen LogP contribution in [0.25, 0.3) is 0 Å². The molecule has 0 amide bonds. The standard InChI is InChI=1S/C17H19ClFNS/c1-3-20-12(2)13-5-8-16(9-6-13)21-11-14-4-7-15(19)10-17(14)18/h4-10,12,20H,3,11H2,1-2H3. The van der Waals surface area contributed by atoms with Gasteiger partial charge in [-0.15, -0.1) is 11.8 Å². The van der Waals surface area contributed by atoms with Gasteiger partial charge in [-0.1, -0.05) is 36.7 Å². The molecule has 0 aliphatic carbocycles. The van der Waals surface area contributed by atoms with E-state index in [1.54, 1.807) is 17.8 Å². The van der Waals surface area contributed by atoms with Crippen molar-refractivity contribution in [2.75, 3.05) is 6.54 Å². The van der Waals surface area contributed by atoms with E-state index in [-0.39, 0.29) is 5.82 Å². The van der Waals surface area contributed by atoms with E-state index in [1.165, 1.54) is 22.6 Å². The van der Waals surface area contributed by atoms with Gasteiger partial charge in [0.1, 0.15) is 5.82 Å². The lowest BCUT2D eigenvalue weighted by Crippen LogP contribution is -2.17. The molecular weight excluding hydrogens is 305 g/mol. The molecule has 0 spiro atoms. The van der Waals surface area contributed by atoms with Crippen LogP contribution in [-0.4, -0.2) is 6.54 Å². The van der Waals surface area contributed by atoms with Crippen molar-refractivity contribution in [3.63, 3.8) is 0 Å².